The summed E-state index contributed by atoms with van der Waals surface area (Å²) in [5, 5.41) is -0.0457. The lowest BCUT2D eigenvalue weighted by molar-refractivity contribution is -0.0945. The number of benzene rings is 2. The van der Waals surface area contributed by atoms with Crippen LogP contribution in [0.4, 0.5) is 5.69 Å². The lowest BCUT2D eigenvalue weighted by Crippen LogP contribution is -2.57. The van der Waals surface area contributed by atoms with Crippen molar-refractivity contribution in [3.8, 4) is 5.75 Å². The van der Waals surface area contributed by atoms with E-state index in [1.54, 1.807) is 13.0 Å². The lowest BCUT2D eigenvalue weighted by atomic mass is 9.63. The Morgan fingerprint density at radius 3 is 2.81 bits per heavy atom. The second kappa shape index (κ2) is 13.8. The molecule has 2 bridgehead atoms. The molecular formula is C40H50ClN5O5S. The number of aryl methyl sites for hydroxylation is 1. The summed E-state index contributed by atoms with van der Waals surface area (Å²) >= 11 is 6.50. The first-order valence-electron chi connectivity index (χ1n) is 18.8. The number of nitrogens with zero attached hydrogens (tertiary/aromatic N) is 4. The van der Waals surface area contributed by atoms with E-state index in [9.17, 15) is 13.2 Å². The van der Waals surface area contributed by atoms with Crippen LogP contribution in [0.5, 0.6) is 5.75 Å². The third-order valence-corrected chi connectivity index (χ3v) is 15.1. The Morgan fingerprint density at radius 2 is 2.00 bits per heavy atom. The molecule has 1 saturated carbocycles. The minimum absolute atomic E-state index is 0.229. The molecule has 10 nitrogen and oxygen atoms in total. The number of hydrogen-bond donors (Lipinski definition) is 1. The summed E-state index contributed by atoms with van der Waals surface area (Å²) in [4.78, 5) is 23.1. The molecule has 0 unspecified atom stereocenters. The molecule has 5 aliphatic rings. The average Bonchev–Trinajstić information content (AvgIpc) is 3.53. The summed E-state index contributed by atoms with van der Waals surface area (Å²) < 4.78 is 45.2. The smallest absolute Gasteiger partial charge is 0.264 e. The number of imidazole rings is 1. The van der Waals surface area contributed by atoms with E-state index in [2.05, 4.69) is 48.4 Å². The number of halogens is 1. The van der Waals surface area contributed by atoms with Gasteiger partial charge in [-0.15, -0.1) is 0 Å². The number of nitrogens with one attached hydrogen (secondary N) is 1. The number of anilines is 1. The maximum absolute atomic E-state index is 13.6. The Kier molecular flexibility index (Phi) is 9.45. The van der Waals surface area contributed by atoms with Gasteiger partial charge in [0.1, 0.15) is 17.2 Å². The summed E-state index contributed by atoms with van der Waals surface area (Å²) in [6, 6.07) is 11.6. The van der Waals surface area contributed by atoms with E-state index < -0.39 is 26.8 Å². The number of carbonyl (C=O) groups excluding carboxylic acids is 1. The van der Waals surface area contributed by atoms with Gasteiger partial charge in [-0.25, -0.2) is 18.1 Å². The molecule has 12 heteroatoms. The highest BCUT2D eigenvalue weighted by atomic mass is 35.5. The first kappa shape index (κ1) is 35.6. The number of carbonyl (C=O) groups is 1. The molecule has 0 radical (unpaired) electrons. The second-order valence-electron chi connectivity index (χ2n) is 15.9. The van der Waals surface area contributed by atoms with Gasteiger partial charge < -0.3 is 18.9 Å². The Balaban J connectivity index is 1.20. The normalized spacial score (nSPS) is 32.3. The molecule has 4 heterocycles. The highest BCUT2D eigenvalue weighted by Crippen LogP contribution is 2.49. The van der Waals surface area contributed by atoms with E-state index in [0.717, 1.165) is 74.8 Å². The van der Waals surface area contributed by atoms with Crippen LogP contribution in [-0.2, 0) is 39.7 Å². The maximum Gasteiger partial charge on any atom is 0.264 e. The third kappa shape index (κ3) is 6.45. The maximum atomic E-state index is 13.6. The second-order valence-corrected chi connectivity index (χ2v) is 18.4. The van der Waals surface area contributed by atoms with Gasteiger partial charge in [0.25, 0.3) is 5.91 Å². The Morgan fingerprint density at radius 1 is 1.13 bits per heavy atom. The zero-order chi connectivity index (χ0) is 36.3. The SMILES string of the molecule is CO[C@@]1(CN2CCn3ccnc3C2)/C=C\C[C@H](C)[C@@H](C)S(=O)(=O)NC(=O)c2ccc3c(c2)N(C[C@@H]2CC[C@H]21)C[C@@]1(CCCc2cc(Cl)ccc21)CO3. The molecule has 8 rings (SSSR count). The summed E-state index contributed by atoms with van der Waals surface area (Å²) in [5.74, 6) is 1.46. The van der Waals surface area contributed by atoms with E-state index in [4.69, 9.17) is 21.1 Å². The van der Waals surface area contributed by atoms with Crippen LogP contribution in [-0.4, -0.2) is 79.5 Å². The molecule has 3 aromatic rings. The first-order chi connectivity index (χ1) is 25.0. The van der Waals surface area contributed by atoms with Crippen LogP contribution < -0.4 is 14.4 Å². The predicted octanol–water partition coefficient (Wildman–Crippen LogP) is 5.98. The van der Waals surface area contributed by atoms with Crippen LogP contribution in [0, 0.1) is 17.8 Å². The van der Waals surface area contributed by atoms with E-state index in [1.807, 2.05) is 44.6 Å². The van der Waals surface area contributed by atoms with E-state index in [-0.39, 0.29) is 17.3 Å². The molecule has 2 aliphatic carbocycles. The quantitative estimate of drug-likeness (QED) is 0.327. The van der Waals surface area contributed by atoms with Gasteiger partial charge in [0.05, 0.1) is 24.1 Å². The monoisotopic (exact) mass is 747 g/mol. The molecule has 1 N–H and O–H groups in total. The van der Waals surface area contributed by atoms with Crippen molar-refractivity contribution in [2.45, 2.75) is 81.7 Å². The molecule has 1 amide bonds. The van der Waals surface area contributed by atoms with Crippen molar-refractivity contribution < 1.29 is 22.7 Å². The van der Waals surface area contributed by atoms with Gasteiger partial charge in [0.15, 0.2) is 0 Å². The van der Waals surface area contributed by atoms with Crippen molar-refractivity contribution in [3.05, 3.63) is 88.5 Å². The molecule has 1 aromatic heterocycles. The summed E-state index contributed by atoms with van der Waals surface area (Å²) in [5.41, 5.74) is 2.81. The summed E-state index contributed by atoms with van der Waals surface area (Å²) in [6.45, 7) is 8.83. The number of ether oxygens (including phenoxy) is 2. The molecule has 1 fully saturated rings. The van der Waals surface area contributed by atoms with Gasteiger partial charge in [-0.2, -0.15) is 0 Å². The lowest BCUT2D eigenvalue weighted by Gasteiger charge is -2.52. The van der Waals surface area contributed by atoms with Crippen molar-refractivity contribution in [1.82, 2.24) is 19.2 Å². The standard InChI is InChI=1S/C40H50ClN5O5S/c1-27-6-4-15-40(50-3,25-44-18-19-45-17-16-42-37(45)23-44)34-11-8-31(34)22-46-24-39(14-5-7-29-20-32(41)10-12-33(29)39)26-51-36-13-9-30(21-35(36)46)38(47)43-52(48,49)28(27)2/h4,9-10,12-13,15-17,20-21,27-28,31,34H,5-8,11,14,18-19,22-26H2,1-3H3,(H,43,47)/b15-4-/t27-,28+,31-,34+,39-,40+/m0/s1. The molecule has 278 valence electrons. The van der Waals surface area contributed by atoms with Crippen LogP contribution in [0.25, 0.3) is 0 Å². The van der Waals surface area contributed by atoms with Crippen LogP contribution in [0.3, 0.4) is 0 Å². The van der Waals surface area contributed by atoms with Crippen molar-refractivity contribution >= 4 is 33.2 Å². The largest absolute Gasteiger partial charge is 0.490 e. The van der Waals surface area contributed by atoms with Crippen LogP contribution in [0.1, 0.15) is 73.3 Å². The van der Waals surface area contributed by atoms with Gasteiger partial charge in [-0.05, 0) is 105 Å². The van der Waals surface area contributed by atoms with Gasteiger partial charge in [0.2, 0.25) is 10.0 Å². The van der Waals surface area contributed by atoms with Gasteiger partial charge in [-0.3, -0.25) is 9.69 Å². The Bertz CT molecular complexity index is 1980. The van der Waals surface area contributed by atoms with Crippen LogP contribution in [0.15, 0.2) is 60.9 Å². The van der Waals surface area contributed by atoms with E-state index >= 15 is 0 Å². The summed E-state index contributed by atoms with van der Waals surface area (Å²) in [7, 11) is -2.13. The number of aromatic nitrogens is 2. The zero-order valence-corrected chi connectivity index (χ0v) is 32.0. The van der Waals surface area contributed by atoms with E-state index in [1.165, 1.54) is 11.1 Å². The van der Waals surface area contributed by atoms with Crippen LogP contribution in [0.2, 0.25) is 5.02 Å². The number of amides is 1. The number of rotatable bonds is 3. The summed E-state index contributed by atoms with van der Waals surface area (Å²) in [6.07, 6.45) is 13.9. The van der Waals surface area contributed by atoms with Gasteiger partial charge >= 0.3 is 0 Å². The number of allylic oxidation sites excluding steroid dienone is 1. The predicted molar refractivity (Wildman–Crippen MR) is 202 cm³/mol. The fourth-order valence-corrected chi connectivity index (χ4v) is 11.0. The average molecular weight is 748 g/mol. The number of fused-ring (bicyclic) bond motifs is 5. The Hall–Kier alpha value is -3.38. The highest BCUT2D eigenvalue weighted by molar-refractivity contribution is 7.90. The topological polar surface area (TPSA) is 106 Å². The molecule has 0 saturated heterocycles. The fraction of sp³-hybridized carbons (Fsp3) is 0.550. The number of hydrogen-bond acceptors (Lipinski definition) is 8. The third-order valence-electron chi connectivity index (χ3n) is 12.9. The molecule has 2 aromatic carbocycles. The van der Waals surface area contributed by atoms with Gasteiger partial charge in [0, 0.05) is 68.2 Å². The van der Waals surface area contributed by atoms with Crippen LogP contribution >= 0.6 is 11.6 Å². The molecule has 1 spiro atoms. The fourth-order valence-electron chi connectivity index (χ4n) is 9.52. The van der Waals surface area contributed by atoms with E-state index in [0.29, 0.717) is 43.3 Å². The number of sulfonamides is 1. The van der Waals surface area contributed by atoms with Crippen molar-refractivity contribution in [1.29, 1.82) is 0 Å². The van der Waals surface area contributed by atoms with Crippen molar-refractivity contribution in [3.63, 3.8) is 0 Å². The highest BCUT2D eigenvalue weighted by Gasteiger charge is 2.50. The minimum atomic E-state index is -3.96. The van der Waals surface area contributed by atoms with Crippen molar-refractivity contribution in [2.75, 3.05) is 44.8 Å². The molecule has 52 heavy (non-hydrogen) atoms. The first-order valence-corrected chi connectivity index (χ1v) is 20.7. The molecular weight excluding hydrogens is 698 g/mol. The minimum Gasteiger partial charge on any atom is -0.490 e. The molecule has 6 atom stereocenters. The number of methoxy groups -OCH3 is 1. The Labute approximate surface area is 312 Å². The van der Waals surface area contributed by atoms with Gasteiger partial charge in [-0.1, -0.05) is 36.7 Å². The molecule has 3 aliphatic heterocycles. The zero-order valence-electron chi connectivity index (χ0n) is 30.4. The van der Waals surface area contributed by atoms with Crippen molar-refractivity contribution in [2.24, 2.45) is 17.8 Å².